The van der Waals surface area contributed by atoms with Crippen LogP contribution in [0.2, 0.25) is 0 Å². The number of halogens is 1. The molecule has 6 heteroatoms. The maximum atomic E-state index is 13.8. The highest BCUT2D eigenvalue weighted by atomic mass is 32.1. The number of rotatable bonds is 5. The van der Waals surface area contributed by atoms with Gasteiger partial charge < -0.3 is 15.4 Å². The fraction of sp³-hybridized carbons (Fsp3) is 0.250. The Morgan fingerprint density at radius 3 is 2.86 bits per heavy atom. The third-order valence-electron chi connectivity index (χ3n) is 3.20. The molecule has 22 heavy (non-hydrogen) atoms. The molecule has 1 aromatic carbocycles. The van der Waals surface area contributed by atoms with Crippen LogP contribution in [0.1, 0.15) is 11.1 Å². The van der Waals surface area contributed by atoms with Crippen molar-refractivity contribution in [2.75, 3.05) is 19.0 Å². The minimum Gasteiger partial charge on any atom is -0.496 e. The summed E-state index contributed by atoms with van der Waals surface area (Å²) in [6, 6.07) is 8.60. The van der Waals surface area contributed by atoms with Gasteiger partial charge in [0.25, 0.3) is 0 Å². The van der Waals surface area contributed by atoms with Crippen molar-refractivity contribution in [2.45, 2.75) is 13.3 Å². The minimum absolute atomic E-state index is 0.277. The lowest BCUT2D eigenvalue weighted by atomic mass is 10.1. The zero-order valence-corrected chi connectivity index (χ0v) is 13.3. The van der Waals surface area contributed by atoms with Gasteiger partial charge in [0.1, 0.15) is 17.4 Å². The number of aromatic nitrogens is 1. The average molecular weight is 319 g/mol. The first-order valence-electron chi connectivity index (χ1n) is 6.89. The third-order valence-corrected chi connectivity index (χ3v) is 3.44. The van der Waals surface area contributed by atoms with Crippen LogP contribution in [0.5, 0.6) is 5.75 Å². The highest BCUT2D eigenvalue weighted by molar-refractivity contribution is 7.80. The number of benzene rings is 1. The van der Waals surface area contributed by atoms with Crippen LogP contribution in [0.25, 0.3) is 0 Å². The van der Waals surface area contributed by atoms with Crippen molar-refractivity contribution in [1.82, 2.24) is 10.3 Å². The Kier molecular flexibility index (Phi) is 5.66. The normalized spacial score (nSPS) is 10.1. The third kappa shape index (κ3) is 4.14. The Bertz CT molecular complexity index is 664. The lowest BCUT2D eigenvalue weighted by Gasteiger charge is -2.13. The molecule has 0 aliphatic heterocycles. The smallest absolute Gasteiger partial charge is 0.171 e. The highest BCUT2D eigenvalue weighted by Gasteiger charge is 2.09. The van der Waals surface area contributed by atoms with Crippen LogP contribution >= 0.6 is 12.2 Å². The summed E-state index contributed by atoms with van der Waals surface area (Å²) in [5.41, 5.74) is 1.54. The molecule has 116 valence electrons. The lowest BCUT2D eigenvalue weighted by Crippen LogP contribution is -2.31. The van der Waals surface area contributed by atoms with E-state index < -0.39 is 0 Å². The average Bonchev–Trinajstić information content (AvgIpc) is 2.51. The lowest BCUT2D eigenvalue weighted by molar-refractivity contribution is 0.404. The van der Waals surface area contributed by atoms with Crippen LogP contribution < -0.4 is 15.4 Å². The number of hydrogen-bond acceptors (Lipinski definition) is 3. The molecule has 0 saturated heterocycles. The molecule has 1 heterocycles. The second kappa shape index (κ2) is 7.70. The predicted octanol–water partition coefficient (Wildman–Crippen LogP) is 3.07. The number of hydrogen-bond donors (Lipinski definition) is 2. The number of anilines is 1. The van der Waals surface area contributed by atoms with Crippen molar-refractivity contribution in [2.24, 2.45) is 0 Å². The number of methoxy groups -OCH3 is 1. The molecule has 0 fully saturated rings. The molecule has 0 bridgehead atoms. The van der Waals surface area contributed by atoms with Crippen LogP contribution in [0.15, 0.2) is 36.5 Å². The van der Waals surface area contributed by atoms with E-state index in [1.54, 1.807) is 18.3 Å². The van der Waals surface area contributed by atoms with Gasteiger partial charge in [0.05, 0.1) is 7.11 Å². The van der Waals surface area contributed by atoms with Crippen LogP contribution in [-0.4, -0.2) is 23.8 Å². The molecule has 0 spiro atoms. The Hall–Kier alpha value is -2.21. The standard InChI is InChI=1S/C16H18FN3OS/c1-11-5-4-9-18-15(11)20-16(22)19-10-8-12-13(17)6-3-7-14(12)21-2/h3-7,9H,8,10H2,1-2H3,(H2,18,19,20,22). The summed E-state index contributed by atoms with van der Waals surface area (Å²) in [4.78, 5) is 4.21. The summed E-state index contributed by atoms with van der Waals surface area (Å²) >= 11 is 5.22. The summed E-state index contributed by atoms with van der Waals surface area (Å²) in [5.74, 6) is 0.977. The van der Waals surface area contributed by atoms with E-state index in [-0.39, 0.29) is 5.82 Å². The first kappa shape index (κ1) is 16.2. The molecule has 2 aromatic rings. The molecule has 0 saturated carbocycles. The predicted molar refractivity (Wildman–Crippen MR) is 89.9 cm³/mol. The van der Waals surface area contributed by atoms with Gasteiger partial charge in [-0.25, -0.2) is 9.37 Å². The van der Waals surface area contributed by atoms with Gasteiger partial charge in [-0.3, -0.25) is 0 Å². The van der Waals surface area contributed by atoms with E-state index in [1.807, 2.05) is 19.1 Å². The molecule has 0 aliphatic carbocycles. The Morgan fingerprint density at radius 1 is 1.32 bits per heavy atom. The molecule has 2 N–H and O–H groups in total. The number of thiocarbonyl (C=S) groups is 1. The van der Waals surface area contributed by atoms with E-state index in [9.17, 15) is 4.39 Å². The quantitative estimate of drug-likeness (QED) is 0.830. The molecule has 0 aliphatic rings. The molecule has 0 radical (unpaired) electrons. The van der Waals surface area contributed by atoms with Crippen molar-refractivity contribution >= 4 is 23.1 Å². The molecule has 0 atom stereocenters. The Labute approximate surface area is 134 Å². The topological polar surface area (TPSA) is 46.2 Å². The minimum atomic E-state index is -0.277. The van der Waals surface area contributed by atoms with E-state index in [4.69, 9.17) is 17.0 Å². The summed E-state index contributed by atoms with van der Waals surface area (Å²) in [5, 5.41) is 6.52. The van der Waals surface area contributed by atoms with Crippen LogP contribution in [0.4, 0.5) is 10.2 Å². The molecule has 1 aromatic heterocycles. The maximum absolute atomic E-state index is 13.8. The first-order chi connectivity index (χ1) is 10.6. The molecule has 2 rings (SSSR count). The van der Waals surface area contributed by atoms with Gasteiger partial charge in [0.15, 0.2) is 5.11 Å². The van der Waals surface area contributed by atoms with E-state index in [1.165, 1.54) is 13.2 Å². The summed E-state index contributed by atoms with van der Waals surface area (Å²) in [7, 11) is 1.53. The van der Waals surface area contributed by atoms with Crippen molar-refractivity contribution < 1.29 is 9.13 Å². The summed E-state index contributed by atoms with van der Waals surface area (Å²) in [6.45, 7) is 2.44. The van der Waals surface area contributed by atoms with Gasteiger partial charge in [-0.2, -0.15) is 0 Å². The number of aryl methyl sites for hydroxylation is 1. The highest BCUT2D eigenvalue weighted by Crippen LogP contribution is 2.21. The van der Waals surface area contributed by atoms with Gasteiger partial charge in [-0.05, 0) is 49.3 Å². The van der Waals surface area contributed by atoms with Crippen molar-refractivity contribution in [1.29, 1.82) is 0 Å². The largest absolute Gasteiger partial charge is 0.496 e. The monoisotopic (exact) mass is 319 g/mol. The Morgan fingerprint density at radius 2 is 2.14 bits per heavy atom. The summed E-state index contributed by atoms with van der Waals surface area (Å²) < 4.78 is 19.0. The fourth-order valence-electron chi connectivity index (χ4n) is 2.04. The second-order valence-corrected chi connectivity index (χ2v) is 5.13. The zero-order chi connectivity index (χ0) is 15.9. The van der Waals surface area contributed by atoms with Crippen molar-refractivity contribution in [3.8, 4) is 5.75 Å². The number of pyridine rings is 1. The van der Waals surface area contributed by atoms with Gasteiger partial charge in [0, 0.05) is 18.3 Å². The van der Waals surface area contributed by atoms with Gasteiger partial charge in [0.2, 0.25) is 0 Å². The molecular weight excluding hydrogens is 301 g/mol. The van der Waals surface area contributed by atoms with E-state index in [0.717, 1.165) is 5.56 Å². The second-order valence-electron chi connectivity index (χ2n) is 4.72. The summed E-state index contributed by atoms with van der Waals surface area (Å²) in [6.07, 6.45) is 2.17. The van der Waals surface area contributed by atoms with Crippen molar-refractivity contribution in [3.63, 3.8) is 0 Å². The van der Waals surface area contributed by atoms with Gasteiger partial charge in [-0.15, -0.1) is 0 Å². The first-order valence-corrected chi connectivity index (χ1v) is 7.30. The van der Waals surface area contributed by atoms with Crippen LogP contribution in [0.3, 0.4) is 0 Å². The van der Waals surface area contributed by atoms with Gasteiger partial charge in [-0.1, -0.05) is 12.1 Å². The molecule has 0 unspecified atom stereocenters. The Balaban J connectivity index is 1.89. The van der Waals surface area contributed by atoms with Crippen molar-refractivity contribution in [3.05, 3.63) is 53.5 Å². The van der Waals surface area contributed by atoms with Crippen LogP contribution in [0, 0.1) is 12.7 Å². The molecule has 4 nitrogen and oxygen atoms in total. The molecule has 0 amide bonds. The fourth-order valence-corrected chi connectivity index (χ4v) is 2.24. The SMILES string of the molecule is COc1cccc(F)c1CCNC(=S)Nc1ncccc1C. The van der Waals surface area contributed by atoms with E-state index in [2.05, 4.69) is 15.6 Å². The maximum Gasteiger partial charge on any atom is 0.171 e. The number of ether oxygens (including phenoxy) is 1. The zero-order valence-electron chi connectivity index (χ0n) is 12.5. The van der Waals surface area contributed by atoms with E-state index >= 15 is 0 Å². The number of nitrogens with zero attached hydrogens (tertiary/aromatic N) is 1. The van der Waals surface area contributed by atoms with Gasteiger partial charge >= 0.3 is 0 Å². The molecular formula is C16H18FN3OS. The number of nitrogens with one attached hydrogen (secondary N) is 2. The van der Waals surface area contributed by atoms with E-state index in [0.29, 0.717) is 35.2 Å². The van der Waals surface area contributed by atoms with Crippen LogP contribution in [-0.2, 0) is 6.42 Å².